The van der Waals surface area contributed by atoms with Crippen LogP contribution in [0.5, 0.6) is 0 Å². The van der Waals surface area contributed by atoms with Crippen molar-refractivity contribution in [3.63, 3.8) is 0 Å². The third-order valence-electron chi connectivity index (χ3n) is 4.59. The molecule has 0 radical (unpaired) electrons. The van der Waals surface area contributed by atoms with Gasteiger partial charge in [0.15, 0.2) is 11.6 Å². The Kier molecular flexibility index (Phi) is 7.26. The molecule has 6 nitrogen and oxygen atoms in total. The number of nitrogens with one attached hydrogen (secondary N) is 2. The first kappa shape index (κ1) is 25.6. The van der Waals surface area contributed by atoms with Crippen LogP contribution in [0.3, 0.4) is 0 Å². The highest BCUT2D eigenvalue weighted by molar-refractivity contribution is 7.92. The van der Waals surface area contributed by atoms with E-state index in [4.69, 9.17) is 0 Å². The van der Waals surface area contributed by atoms with E-state index in [-0.39, 0.29) is 17.7 Å². The predicted molar refractivity (Wildman–Crippen MR) is 117 cm³/mol. The zero-order valence-corrected chi connectivity index (χ0v) is 19.3. The molecule has 1 aromatic heterocycles. The average molecular weight is 520 g/mol. The number of carbonyl (C=O) groups excluding carboxylic acids is 1. The summed E-state index contributed by atoms with van der Waals surface area (Å²) < 4.78 is 91.3. The van der Waals surface area contributed by atoms with E-state index in [1.807, 2.05) is 0 Å². The summed E-state index contributed by atoms with van der Waals surface area (Å²) in [5, 5.41) is 4.36. The minimum atomic E-state index is -4.47. The number of hydrogen-bond acceptors (Lipinski definition) is 5. The molecule has 3 aromatic rings. The number of hydrogen-bond donors (Lipinski definition) is 2. The highest BCUT2D eigenvalue weighted by Crippen LogP contribution is 2.30. The molecule has 1 atom stereocenters. The lowest BCUT2D eigenvalue weighted by Gasteiger charge is -2.15. The van der Waals surface area contributed by atoms with E-state index in [9.17, 15) is 35.2 Å². The van der Waals surface area contributed by atoms with Crippen LogP contribution in [0.2, 0.25) is 0 Å². The number of benzene rings is 2. The monoisotopic (exact) mass is 519 g/mol. The second-order valence-corrected chi connectivity index (χ2v) is 10.1. The number of alkyl halides is 3. The first-order valence-electron chi connectivity index (χ1n) is 9.61. The van der Waals surface area contributed by atoms with Crippen molar-refractivity contribution >= 4 is 33.0 Å². The van der Waals surface area contributed by atoms with Crippen molar-refractivity contribution < 1.29 is 35.2 Å². The molecule has 0 aliphatic rings. The van der Waals surface area contributed by atoms with E-state index < -0.39 is 51.0 Å². The number of rotatable bonds is 7. The van der Waals surface area contributed by atoms with Crippen molar-refractivity contribution in [2.75, 3.05) is 11.0 Å². The second-order valence-electron chi connectivity index (χ2n) is 7.43. The lowest BCUT2D eigenvalue weighted by molar-refractivity contribution is -0.137. The Morgan fingerprint density at radius 1 is 1.15 bits per heavy atom. The van der Waals surface area contributed by atoms with Crippen LogP contribution in [0.1, 0.15) is 45.2 Å². The van der Waals surface area contributed by atoms with Crippen molar-refractivity contribution in [3.05, 3.63) is 80.8 Å². The van der Waals surface area contributed by atoms with Crippen molar-refractivity contribution in [2.45, 2.75) is 25.6 Å². The number of halogens is 5. The number of sulfonamides is 1. The summed E-state index contributed by atoms with van der Waals surface area (Å²) in [5.74, 6) is -2.96. The van der Waals surface area contributed by atoms with Gasteiger partial charge in [-0.05, 0) is 36.2 Å². The van der Waals surface area contributed by atoms with Gasteiger partial charge < -0.3 is 5.32 Å². The molecular weight excluding hydrogens is 501 g/mol. The van der Waals surface area contributed by atoms with Gasteiger partial charge in [0, 0.05) is 11.8 Å². The van der Waals surface area contributed by atoms with Gasteiger partial charge in [-0.1, -0.05) is 18.2 Å². The van der Waals surface area contributed by atoms with Crippen LogP contribution in [0.25, 0.3) is 0 Å². The van der Waals surface area contributed by atoms with Gasteiger partial charge in [-0.3, -0.25) is 9.52 Å². The molecular formula is C21H18F5N3O3S2. The Balaban J connectivity index is 1.70. The Morgan fingerprint density at radius 2 is 1.79 bits per heavy atom. The molecule has 1 heterocycles. The molecule has 3 rings (SSSR count). The number of thiazole rings is 1. The normalized spacial score (nSPS) is 12.9. The fourth-order valence-electron chi connectivity index (χ4n) is 3.01. The maximum atomic E-state index is 14.2. The zero-order valence-electron chi connectivity index (χ0n) is 17.7. The van der Waals surface area contributed by atoms with Crippen molar-refractivity contribution in [1.29, 1.82) is 0 Å². The van der Waals surface area contributed by atoms with Crippen LogP contribution >= 0.6 is 11.3 Å². The molecule has 0 aliphatic carbocycles. The van der Waals surface area contributed by atoms with E-state index in [1.54, 1.807) is 4.72 Å². The molecule has 34 heavy (non-hydrogen) atoms. The maximum Gasteiger partial charge on any atom is 0.416 e. The molecule has 0 saturated carbocycles. The molecule has 13 heteroatoms. The number of aromatic nitrogens is 1. The van der Waals surface area contributed by atoms with Crippen LogP contribution < -0.4 is 10.0 Å². The highest BCUT2D eigenvalue weighted by Gasteiger charge is 2.30. The fourth-order valence-corrected chi connectivity index (χ4v) is 4.38. The minimum absolute atomic E-state index is 0.00451. The Labute approximate surface area is 195 Å². The number of carbonyl (C=O) groups is 1. The van der Waals surface area contributed by atoms with Crippen molar-refractivity contribution in [2.24, 2.45) is 0 Å². The first-order chi connectivity index (χ1) is 15.7. The molecule has 182 valence electrons. The fraction of sp³-hybridized carbons (Fsp3) is 0.238. The summed E-state index contributed by atoms with van der Waals surface area (Å²) in [7, 11) is -3.90. The molecule has 2 aromatic carbocycles. The van der Waals surface area contributed by atoms with Crippen LogP contribution in [-0.2, 0) is 22.6 Å². The van der Waals surface area contributed by atoms with E-state index >= 15 is 0 Å². The molecule has 0 saturated heterocycles. The topological polar surface area (TPSA) is 88.2 Å². The van der Waals surface area contributed by atoms with Crippen LogP contribution in [0, 0.1) is 11.6 Å². The largest absolute Gasteiger partial charge is 0.416 e. The van der Waals surface area contributed by atoms with E-state index in [2.05, 4.69) is 10.3 Å². The quantitative estimate of drug-likeness (QED) is 0.435. The highest BCUT2D eigenvalue weighted by atomic mass is 32.2. The van der Waals surface area contributed by atoms with Crippen molar-refractivity contribution in [3.8, 4) is 0 Å². The van der Waals surface area contributed by atoms with Gasteiger partial charge in [-0.25, -0.2) is 22.2 Å². The molecule has 0 aliphatic heterocycles. The maximum absolute atomic E-state index is 14.2. The Bertz CT molecular complexity index is 1300. The van der Waals surface area contributed by atoms with Gasteiger partial charge in [-0.2, -0.15) is 13.2 Å². The summed E-state index contributed by atoms with van der Waals surface area (Å²) >= 11 is 1.08. The summed E-state index contributed by atoms with van der Waals surface area (Å²) in [6.07, 6.45) is -3.64. The van der Waals surface area contributed by atoms with Crippen LogP contribution in [0.15, 0.2) is 41.8 Å². The summed E-state index contributed by atoms with van der Waals surface area (Å²) in [5.41, 5.74) is -1.20. The number of nitrogens with zero attached hydrogens (tertiary/aromatic N) is 1. The van der Waals surface area contributed by atoms with Crippen LogP contribution in [0.4, 0.5) is 27.6 Å². The smallest absolute Gasteiger partial charge is 0.344 e. The molecule has 0 spiro atoms. The molecule has 0 bridgehead atoms. The van der Waals surface area contributed by atoms with Gasteiger partial charge in [0.05, 0.1) is 22.9 Å². The van der Waals surface area contributed by atoms with Gasteiger partial charge in [-0.15, -0.1) is 11.3 Å². The Morgan fingerprint density at radius 3 is 2.38 bits per heavy atom. The van der Waals surface area contributed by atoms with Crippen LogP contribution in [-0.4, -0.2) is 25.6 Å². The SMILES string of the molecule is C[C@@H](NC(=O)c1csc(Cc2cccc(C(F)(F)F)c2)n1)c1cc(F)c(NS(C)(=O)=O)c(F)c1. The zero-order chi connectivity index (χ0) is 25.3. The van der Waals surface area contributed by atoms with Gasteiger partial charge in [0.1, 0.15) is 11.4 Å². The third kappa shape index (κ3) is 6.50. The third-order valence-corrected chi connectivity index (χ3v) is 6.02. The van der Waals surface area contributed by atoms with E-state index in [0.717, 1.165) is 41.9 Å². The second kappa shape index (κ2) is 9.66. The van der Waals surface area contributed by atoms with Gasteiger partial charge in [0.25, 0.3) is 5.91 Å². The first-order valence-corrected chi connectivity index (χ1v) is 12.4. The summed E-state index contributed by atoms with van der Waals surface area (Å²) in [6, 6.07) is 5.69. The predicted octanol–water partition coefficient (Wildman–Crippen LogP) is 4.89. The summed E-state index contributed by atoms with van der Waals surface area (Å²) in [6.45, 7) is 1.46. The molecule has 0 unspecified atom stereocenters. The molecule has 1 amide bonds. The molecule has 0 fully saturated rings. The summed E-state index contributed by atoms with van der Waals surface area (Å²) in [4.78, 5) is 16.6. The van der Waals surface area contributed by atoms with E-state index in [1.165, 1.54) is 24.4 Å². The lowest BCUT2D eigenvalue weighted by atomic mass is 10.1. The minimum Gasteiger partial charge on any atom is -0.344 e. The standard InChI is InChI=1S/C21H18F5N3O3S2/c1-11(13-8-15(22)19(16(23)9-13)29-34(2,31)32)27-20(30)17-10-33-18(28-17)7-12-4-3-5-14(6-12)21(24,25)26/h3-6,8-11,29H,7H2,1-2H3,(H,27,30)/t11-/m1/s1. The van der Waals surface area contributed by atoms with Gasteiger partial charge >= 0.3 is 6.18 Å². The van der Waals surface area contributed by atoms with Crippen molar-refractivity contribution in [1.82, 2.24) is 10.3 Å². The molecule has 2 N–H and O–H groups in total. The van der Waals surface area contributed by atoms with Gasteiger partial charge in [0.2, 0.25) is 10.0 Å². The Hall–Kier alpha value is -3.06. The number of anilines is 1. The lowest BCUT2D eigenvalue weighted by Crippen LogP contribution is -2.27. The number of amides is 1. The average Bonchev–Trinajstić information content (AvgIpc) is 3.18. The van der Waals surface area contributed by atoms with E-state index in [0.29, 0.717) is 10.6 Å².